The van der Waals surface area contributed by atoms with Crippen molar-refractivity contribution in [1.82, 2.24) is 0 Å². The number of hydrogen-bond acceptors (Lipinski definition) is 3. The van der Waals surface area contributed by atoms with Gasteiger partial charge in [-0.1, -0.05) is 24.3 Å². The molecule has 3 nitrogen and oxygen atoms in total. The van der Waals surface area contributed by atoms with Crippen LogP contribution in [0, 0.1) is 0 Å². The van der Waals surface area contributed by atoms with Crippen molar-refractivity contribution < 1.29 is 5.11 Å². The summed E-state index contributed by atoms with van der Waals surface area (Å²) in [6, 6.07) is 15.9. The minimum atomic E-state index is 0.160. The molecule has 0 aliphatic heterocycles. The van der Waals surface area contributed by atoms with E-state index in [-0.39, 0.29) is 5.75 Å². The molecule has 2 aromatic carbocycles. The van der Waals surface area contributed by atoms with Gasteiger partial charge in [0.2, 0.25) is 0 Å². The molecule has 3 N–H and O–H groups in total. The number of phenols is 1. The highest BCUT2D eigenvalue weighted by Crippen LogP contribution is 2.21. The second-order valence-corrected chi connectivity index (χ2v) is 4.91. The first kappa shape index (κ1) is 14.3. The fourth-order valence-electron chi connectivity index (χ4n) is 2.34. The summed E-state index contributed by atoms with van der Waals surface area (Å²) < 4.78 is 0. The Morgan fingerprint density at radius 1 is 1.10 bits per heavy atom. The number of aromatic hydroxyl groups is 1. The summed E-state index contributed by atoms with van der Waals surface area (Å²) >= 11 is 0. The number of nitrogens with zero attached hydrogens (tertiary/aromatic N) is 1. The Morgan fingerprint density at radius 2 is 1.85 bits per heavy atom. The molecule has 2 aromatic rings. The third-order valence-corrected chi connectivity index (χ3v) is 3.49. The third-order valence-electron chi connectivity index (χ3n) is 3.49. The molecule has 0 spiro atoms. The van der Waals surface area contributed by atoms with Crippen molar-refractivity contribution in [3.63, 3.8) is 0 Å². The molecule has 0 unspecified atom stereocenters. The standard InChI is InChI=1S/C17H22N2O/c1-2-19(15-8-4-3-5-9-15)12-6-7-14-10-11-17(20)16(18)13-14/h3-5,8-11,13,20H,2,6-7,12,18H2,1H3. The van der Waals surface area contributed by atoms with E-state index in [9.17, 15) is 5.11 Å². The van der Waals surface area contributed by atoms with E-state index in [4.69, 9.17) is 5.73 Å². The van der Waals surface area contributed by atoms with Crippen molar-refractivity contribution in [3.05, 3.63) is 54.1 Å². The first-order valence-corrected chi connectivity index (χ1v) is 7.08. The van der Waals surface area contributed by atoms with Gasteiger partial charge in [0, 0.05) is 18.8 Å². The van der Waals surface area contributed by atoms with Crippen LogP contribution in [0.15, 0.2) is 48.5 Å². The molecule has 0 saturated heterocycles. The molecular formula is C17H22N2O. The smallest absolute Gasteiger partial charge is 0.138 e. The van der Waals surface area contributed by atoms with Crippen LogP contribution in [0.2, 0.25) is 0 Å². The lowest BCUT2D eigenvalue weighted by Gasteiger charge is -2.23. The van der Waals surface area contributed by atoms with Crippen molar-refractivity contribution in [2.24, 2.45) is 0 Å². The Bertz CT molecular complexity index is 540. The molecule has 20 heavy (non-hydrogen) atoms. The Labute approximate surface area is 120 Å². The zero-order chi connectivity index (χ0) is 14.4. The highest BCUT2D eigenvalue weighted by Gasteiger charge is 2.04. The first-order valence-electron chi connectivity index (χ1n) is 7.08. The van der Waals surface area contributed by atoms with Gasteiger partial charge in [0.05, 0.1) is 5.69 Å². The monoisotopic (exact) mass is 270 g/mol. The predicted octanol–water partition coefficient (Wildman–Crippen LogP) is 3.43. The predicted molar refractivity (Wildman–Crippen MR) is 85.2 cm³/mol. The molecule has 0 aliphatic carbocycles. The summed E-state index contributed by atoms with van der Waals surface area (Å²) in [6.45, 7) is 4.19. The average molecular weight is 270 g/mol. The van der Waals surface area contributed by atoms with E-state index in [0.717, 1.165) is 25.9 Å². The maximum Gasteiger partial charge on any atom is 0.138 e. The van der Waals surface area contributed by atoms with Crippen molar-refractivity contribution in [2.75, 3.05) is 23.7 Å². The van der Waals surface area contributed by atoms with Gasteiger partial charge in [-0.15, -0.1) is 0 Å². The normalized spacial score (nSPS) is 10.4. The molecule has 0 amide bonds. The number of para-hydroxylation sites is 1. The van der Waals surface area contributed by atoms with Crippen LogP contribution in [0.25, 0.3) is 0 Å². The number of benzene rings is 2. The molecule has 2 rings (SSSR count). The van der Waals surface area contributed by atoms with Gasteiger partial charge < -0.3 is 15.7 Å². The van der Waals surface area contributed by atoms with Crippen LogP contribution < -0.4 is 10.6 Å². The largest absolute Gasteiger partial charge is 0.506 e. The molecule has 0 aromatic heterocycles. The van der Waals surface area contributed by atoms with Gasteiger partial charge in [-0.3, -0.25) is 0 Å². The zero-order valence-electron chi connectivity index (χ0n) is 11.9. The summed E-state index contributed by atoms with van der Waals surface area (Å²) in [5.74, 6) is 0.160. The van der Waals surface area contributed by atoms with Crippen LogP contribution in [0.4, 0.5) is 11.4 Å². The lowest BCUT2D eigenvalue weighted by Crippen LogP contribution is -2.24. The highest BCUT2D eigenvalue weighted by molar-refractivity contribution is 5.53. The maximum atomic E-state index is 9.41. The van der Waals surface area contributed by atoms with Crippen LogP contribution >= 0.6 is 0 Å². The molecule has 0 saturated carbocycles. The molecule has 0 atom stereocenters. The minimum Gasteiger partial charge on any atom is -0.506 e. The van der Waals surface area contributed by atoms with Gasteiger partial charge in [-0.2, -0.15) is 0 Å². The van der Waals surface area contributed by atoms with E-state index in [1.165, 1.54) is 11.3 Å². The first-order chi connectivity index (χ1) is 9.70. The van der Waals surface area contributed by atoms with Gasteiger partial charge in [0.25, 0.3) is 0 Å². The Morgan fingerprint density at radius 3 is 2.50 bits per heavy atom. The van der Waals surface area contributed by atoms with Crippen molar-refractivity contribution in [1.29, 1.82) is 0 Å². The Hall–Kier alpha value is -2.16. The van der Waals surface area contributed by atoms with Crippen molar-refractivity contribution >= 4 is 11.4 Å². The molecular weight excluding hydrogens is 248 g/mol. The molecule has 0 bridgehead atoms. The number of anilines is 2. The highest BCUT2D eigenvalue weighted by atomic mass is 16.3. The van der Waals surface area contributed by atoms with Crippen LogP contribution in [-0.4, -0.2) is 18.2 Å². The maximum absolute atomic E-state index is 9.41. The zero-order valence-corrected chi connectivity index (χ0v) is 11.9. The number of phenolic OH excluding ortho intramolecular Hbond substituents is 1. The molecule has 0 aliphatic rings. The lowest BCUT2D eigenvalue weighted by atomic mass is 10.1. The second-order valence-electron chi connectivity index (χ2n) is 4.91. The Kier molecular flexibility index (Phi) is 4.88. The fraction of sp³-hybridized carbons (Fsp3) is 0.294. The van der Waals surface area contributed by atoms with Gasteiger partial charge >= 0.3 is 0 Å². The van der Waals surface area contributed by atoms with Crippen LogP contribution in [0.3, 0.4) is 0 Å². The quantitative estimate of drug-likeness (QED) is 0.624. The summed E-state index contributed by atoms with van der Waals surface area (Å²) in [6.07, 6.45) is 2.03. The molecule has 3 heteroatoms. The van der Waals surface area contributed by atoms with Crippen LogP contribution in [-0.2, 0) is 6.42 Å². The van der Waals surface area contributed by atoms with Crippen molar-refractivity contribution in [3.8, 4) is 5.75 Å². The van der Waals surface area contributed by atoms with E-state index in [2.05, 4.69) is 36.1 Å². The molecule has 0 radical (unpaired) electrons. The van der Waals surface area contributed by atoms with Crippen LogP contribution in [0.1, 0.15) is 18.9 Å². The van der Waals surface area contributed by atoms with E-state index in [0.29, 0.717) is 5.69 Å². The third kappa shape index (κ3) is 3.67. The van der Waals surface area contributed by atoms with E-state index < -0.39 is 0 Å². The van der Waals surface area contributed by atoms with Gasteiger partial charge in [0.15, 0.2) is 0 Å². The minimum absolute atomic E-state index is 0.160. The number of aryl methyl sites for hydroxylation is 1. The SMILES string of the molecule is CCN(CCCc1ccc(O)c(N)c1)c1ccccc1. The van der Waals surface area contributed by atoms with Crippen molar-refractivity contribution in [2.45, 2.75) is 19.8 Å². The molecule has 0 fully saturated rings. The van der Waals surface area contributed by atoms with E-state index in [1.807, 2.05) is 18.2 Å². The fourth-order valence-corrected chi connectivity index (χ4v) is 2.34. The van der Waals surface area contributed by atoms with Gasteiger partial charge in [0.1, 0.15) is 5.75 Å². The summed E-state index contributed by atoms with van der Waals surface area (Å²) in [5, 5.41) is 9.41. The topological polar surface area (TPSA) is 49.5 Å². The van der Waals surface area contributed by atoms with E-state index in [1.54, 1.807) is 6.07 Å². The van der Waals surface area contributed by atoms with Gasteiger partial charge in [-0.05, 0) is 49.6 Å². The number of nitrogens with two attached hydrogens (primary N) is 1. The average Bonchev–Trinajstić information content (AvgIpc) is 2.48. The van der Waals surface area contributed by atoms with Crippen LogP contribution in [0.5, 0.6) is 5.75 Å². The summed E-state index contributed by atoms with van der Waals surface area (Å²) in [5.41, 5.74) is 8.60. The number of hydrogen-bond donors (Lipinski definition) is 2. The van der Waals surface area contributed by atoms with E-state index >= 15 is 0 Å². The summed E-state index contributed by atoms with van der Waals surface area (Å²) in [4.78, 5) is 2.36. The summed E-state index contributed by atoms with van der Waals surface area (Å²) in [7, 11) is 0. The number of rotatable bonds is 6. The lowest BCUT2D eigenvalue weighted by molar-refractivity contribution is 0.477. The molecule has 0 heterocycles. The Balaban J connectivity index is 1.89. The van der Waals surface area contributed by atoms with Gasteiger partial charge in [-0.25, -0.2) is 0 Å². The molecule has 106 valence electrons. The number of nitrogen functional groups attached to an aromatic ring is 1. The second kappa shape index (κ2) is 6.85.